The summed E-state index contributed by atoms with van der Waals surface area (Å²) in [5.74, 6) is 0.609. The molecule has 162 valence electrons. The van der Waals surface area contributed by atoms with Gasteiger partial charge in [-0.3, -0.25) is 19.1 Å². The zero-order valence-corrected chi connectivity index (χ0v) is 17.8. The number of hydrogen-bond donors (Lipinski definition) is 2. The molecule has 0 bridgehead atoms. The number of H-pyrrole nitrogens is 1. The number of ketones is 1. The molecule has 2 aromatic carbocycles. The van der Waals surface area contributed by atoms with E-state index in [0.717, 1.165) is 11.1 Å². The summed E-state index contributed by atoms with van der Waals surface area (Å²) < 4.78 is 6.78. The van der Waals surface area contributed by atoms with Gasteiger partial charge in [0.05, 0.1) is 13.7 Å². The highest BCUT2D eigenvalue weighted by Gasteiger charge is 2.20. The van der Waals surface area contributed by atoms with Crippen molar-refractivity contribution >= 4 is 17.3 Å². The fourth-order valence-corrected chi connectivity index (χ4v) is 3.48. The molecule has 8 heteroatoms. The van der Waals surface area contributed by atoms with Crippen LogP contribution in [0.4, 0.5) is 11.5 Å². The monoisotopic (exact) mass is 422 g/mol. The fourth-order valence-electron chi connectivity index (χ4n) is 3.48. The standard InChI is InChI=1S/C23H26N4O4/c1-4-26(14-18-12-17(15(2)28)10-11-19(18)31-3)20-21(24)27(23(30)25-22(20)29)13-16-8-6-5-7-9-16/h5-12H,4,13-14,24H2,1-3H3,(H,25,29,30). The van der Waals surface area contributed by atoms with E-state index < -0.39 is 11.2 Å². The van der Waals surface area contributed by atoms with Gasteiger partial charge in [-0.1, -0.05) is 30.3 Å². The van der Waals surface area contributed by atoms with Crippen molar-refractivity contribution in [3.05, 3.63) is 86.1 Å². The van der Waals surface area contributed by atoms with Crippen LogP contribution in [0.15, 0.2) is 58.1 Å². The van der Waals surface area contributed by atoms with E-state index in [1.54, 1.807) is 30.2 Å². The summed E-state index contributed by atoms with van der Waals surface area (Å²) in [6.07, 6.45) is 0. The van der Waals surface area contributed by atoms with Crippen molar-refractivity contribution in [1.82, 2.24) is 9.55 Å². The van der Waals surface area contributed by atoms with Gasteiger partial charge in [-0.15, -0.1) is 0 Å². The molecular formula is C23H26N4O4. The molecule has 31 heavy (non-hydrogen) atoms. The van der Waals surface area contributed by atoms with Crippen molar-refractivity contribution < 1.29 is 9.53 Å². The van der Waals surface area contributed by atoms with Gasteiger partial charge in [-0.2, -0.15) is 0 Å². The molecule has 8 nitrogen and oxygen atoms in total. The molecule has 0 aliphatic carbocycles. The smallest absolute Gasteiger partial charge is 0.330 e. The molecule has 3 rings (SSSR count). The predicted octanol–water partition coefficient (Wildman–Crippen LogP) is 2.40. The van der Waals surface area contributed by atoms with Gasteiger partial charge in [0.15, 0.2) is 5.78 Å². The van der Waals surface area contributed by atoms with Crippen molar-refractivity contribution in [2.45, 2.75) is 26.9 Å². The van der Waals surface area contributed by atoms with Crippen molar-refractivity contribution in [2.24, 2.45) is 0 Å². The molecule has 0 atom stereocenters. The number of nitrogen functional groups attached to an aromatic ring is 1. The molecule has 0 fully saturated rings. The molecule has 3 N–H and O–H groups in total. The second-order valence-corrected chi connectivity index (χ2v) is 7.16. The van der Waals surface area contributed by atoms with E-state index in [0.29, 0.717) is 17.9 Å². The number of ether oxygens (including phenoxy) is 1. The van der Waals surface area contributed by atoms with Crippen LogP contribution in [0, 0.1) is 0 Å². The second kappa shape index (κ2) is 9.34. The van der Waals surface area contributed by atoms with Crippen LogP contribution in [0.2, 0.25) is 0 Å². The Hall–Kier alpha value is -3.81. The Labute approximate surface area is 179 Å². The van der Waals surface area contributed by atoms with Gasteiger partial charge in [0.2, 0.25) is 0 Å². The van der Waals surface area contributed by atoms with E-state index in [1.165, 1.54) is 11.5 Å². The van der Waals surface area contributed by atoms with Crippen LogP contribution in [0.3, 0.4) is 0 Å². The van der Waals surface area contributed by atoms with Crippen molar-refractivity contribution in [3.8, 4) is 5.75 Å². The molecule has 0 saturated heterocycles. The summed E-state index contributed by atoms with van der Waals surface area (Å²) in [4.78, 5) is 41.1. The minimum Gasteiger partial charge on any atom is -0.496 e. The molecule has 1 heterocycles. The normalized spacial score (nSPS) is 10.7. The van der Waals surface area contributed by atoms with E-state index in [1.807, 2.05) is 37.3 Å². The van der Waals surface area contributed by atoms with Gasteiger partial charge in [0, 0.05) is 24.2 Å². The third-order valence-electron chi connectivity index (χ3n) is 5.14. The molecular weight excluding hydrogens is 396 g/mol. The number of methoxy groups -OCH3 is 1. The van der Waals surface area contributed by atoms with E-state index in [2.05, 4.69) is 4.98 Å². The predicted molar refractivity (Wildman–Crippen MR) is 121 cm³/mol. The number of aromatic amines is 1. The Bertz CT molecular complexity index is 1200. The highest BCUT2D eigenvalue weighted by molar-refractivity contribution is 5.94. The lowest BCUT2D eigenvalue weighted by Crippen LogP contribution is -2.38. The molecule has 3 aromatic rings. The maximum absolute atomic E-state index is 12.7. The van der Waals surface area contributed by atoms with Crippen molar-refractivity contribution in [3.63, 3.8) is 0 Å². The quantitative estimate of drug-likeness (QED) is 0.540. The number of Topliss-reactive ketones (excluding diaryl/α,β-unsaturated/α-hetero) is 1. The Morgan fingerprint density at radius 3 is 2.48 bits per heavy atom. The van der Waals surface area contributed by atoms with Gasteiger partial charge < -0.3 is 15.4 Å². The first-order valence-corrected chi connectivity index (χ1v) is 9.95. The van der Waals surface area contributed by atoms with Gasteiger partial charge in [-0.05, 0) is 37.6 Å². The SMILES string of the molecule is CCN(Cc1cc(C(C)=O)ccc1OC)c1c(N)n(Cc2ccccc2)c(=O)[nH]c1=O. The minimum absolute atomic E-state index is 0.0688. The Balaban J connectivity index is 2.05. The van der Waals surface area contributed by atoms with E-state index in [-0.39, 0.29) is 30.4 Å². The van der Waals surface area contributed by atoms with Gasteiger partial charge in [0.1, 0.15) is 17.3 Å². The summed E-state index contributed by atoms with van der Waals surface area (Å²) in [6, 6.07) is 14.6. The topological polar surface area (TPSA) is 110 Å². The van der Waals surface area contributed by atoms with Crippen LogP contribution in [0.1, 0.15) is 35.3 Å². The van der Waals surface area contributed by atoms with Crippen LogP contribution in [0.25, 0.3) is 0 Å². The summed E-state index contributed by atoms with van der Waals surface area (Å²) in [5.41, 5.74) is 7.56. The maximum Gasteiger partial charge on any atom is 0.330 e. The van der Waals surface area contributed by atoms with Gasteiger partial charge >= 0.3 is 5.69 Å². The number of aromatic nitrogens is 2. The number of nitrogens with two attached hydrogens (primary N) is 1. The number of benzene rings is 2. The summed E-state index contributed by atoms with van der Waals surface area (Å²) in [6.45, 7) is 4.33. The van der Waals surface area contributed by atoms with Crippen LogP contribution in [0.5, 0.6) is 5.75 Å². The lowest BCUT2D eigenvalue weighted by Gasteiger charge is -2.26. The molecule has 0 unspecified atom stereocenters. The second-order valence-electron chi connectivity index (χ2n) is 7.16. The maximum atomic E-state index is 12.7. The average molecular weight is 422 g/mol. The summed E-state index contributed by atoms with van der Waals surface area (Å²) in [7, 11) is 1.55. The third-order valence-corrected chi connectivity index (χ3v) is 5.14. The molecule has 0 saturated carbocycles. The largest absolute Gasteiger partial charge is 0.496 e. The molecule has 0 spiro atoms. The van der Waals surface area contributed by atoms with E-state index >= 15 is 0 Å². The number of rotatable bonds is 8. The number of anilines is 2. The number of carbonyl (C=O) groups excluding carboxylic acids is 1. The molecule has 0 aliphatic heterocycles. The zero-order chi connectivity index (χ0) is 22.5. The van der Waals surface area contributed by atoms with Crippen LogP contribution >= 0.6 is 0 Å². The lowest BCUT2D eigenvalue weighted by molar-refractivity contribution is 0.101. The summed E-state index contributed by atoms with van der Waals surface area (Å²) >= 11 is 0. The lowest BCUT2D eigenvalue weighted by atomic mass is 10.1. The van der Waals surface area contributed by atoms with Crippen molar-refractivity contribution in [2.75, 3.05) is 24.3 Å². The first kappa shape index (κ1) is 21.9. The van der Waals surface area contributed by atoms with Crippen LogP contribution in [-0.2, 0) is 13.1 Å². The Morgan fingerprint density at radius 1 is 1.16 bits per heavy atom. The molecule has 0 amide bonds. The van der Waals surface area contributed by atoms with Gasteiger partial charge in [-0.25, -0.2) is 4.79 Å². The fraction of sp³-hybridized carbons (Fsp3) is 0.261. The zero-order valence-electron chi connectivity index (χ0n) is 17.8. The Kier molecular flexibility index (Phi) is 6.59. The first-order valence-electron chi connectivity index (χ1n) is 9.95. The molecule has 1 aromatic heterocycles. The Morgan fingerprint density at radius 2 is 1.87 bits per heavy atom. The van der Waals surface area contributed by atoms with Crippen molar-refractivity contribution in [1.29, 1.82) is 0 Å². The van der Waals surface area contributed by atoms with Gasteiger partial charge in [0.25, 0.3) is 5.56 Å². The summed E-state index contributed by atoms with van der Waals surface area (Å²) in [5, 5.41) is 0. The number of nitrogens with zero attached hydrogens (tertiary/aromatic N) is 2. The highest BCUT2D eigenvalue weighted by atomic mass is 16.5. The van der Waals surface area contributed by atoms with E-state index in [9.17, 15) is 14.4 Å². The van der Waals surface area contributed by atoms with Crippen LogP contribution < -0.4 is 26.6 Å². The highest BCUT2D eigenvalue weighted by Crippen LogP contribution is 2.25. The average Bonchev–Trinajstić information content (AvgIpc) is 2.76. The number of nitrogens with one attached hydrogen (secondary N) is 1. The minimum atomic E-state index is -0.567. The van der Waals surface area contributed by atoms with E-state index in [4.69, 9.17) is 10.5 Å². The molecule has 0 radical (unpaired) electrons. The molecule has 0 aliphatic rings. The van der Waals surface area contributed by atoms with Crippen LogP contribution in [-0.4, -0.2) is 29.0 Å². The number of hydrogen-bond acceptors (Lipinski definition) is 6. The first-order chi connectivity index (χ1) is 14.8. The number of carbonyl (C=O) groups is 1. The third kappa shape index (κ3) is 4.69.